The van der Waals surface area contributed by atoms with Crippen molar-refractivity contribution in [2.24, 2.45) is 5.73 Å². The van der Waals surface area contributed by atoms with Gasteiger partial charge in [-0.2, -0.15) is 0 Å². The highest BCUT2D eigenvalue weighted by atomic mass is 32.2. The number of hydrogen-bond donors (Lipinski definition) is 2. The molecular weight excluding hydrogens is 244 g/mol. The van der Waals surface area contributed by atoms with Gasteiger partial charge in [-0.05, 0) is 42.0 Å². The first-order chi connectivity index (χ1) is 8.65. The van der Waals surface area contributed by atoms with Crippen molar-refractivity contribution in [3.8, 4) is 0 Å². The molecule has 3 nitrogen and oxygen atoms in total. The van der Waals surface area contributed by atoms with E-state index in [0.717, 1.165) is 17.0 Å². The van der Waals surface area contributed by atoms with Gasteiger partial charge in [0.2, 0.25) is 5.91 Å². The van der Waals surface area contributed by atoms with Gasteiger partial charge in [0.05, 0.1) is 0 Å². The standard InChI is InChI=1S/C14H14N2OS/c15-12-5-7-13(8-6-12)18-9-10-1-3-11(4-2-10)14(16)17/h1-8H,9,15H2,(H2,16,17). The monoisotopic (exact) mass is 258 g/mol. The second-order valence-electron chi connectivity index (χ2n) is 3.92. The summed E-state index contributed by atoms with van der Waals surface area (Å²) in [5.74, 6) is 0.455. The van der Waals surface area contributed by atoms with Crippen molar-refractivity contribution in [2.75, 3.05) is 5.73 Å². The molecular formula is C14H14N2OS. The number of nitrogen functional groups attached to an aromatic ring is 1. The highest BCUT2D eigenvalue weighted by molar-refractivity contribution is 7.98. The average molecular weight is 258 g/mol. The second kappa shape index (κ2) is 5.60. The number of carbonyl (C=O) groups excluding carboxylic acids is 1. The number of nitrogens with two attached hydrogens (primary N) is 2. The fourth-order valence-corrected chi connectivity index (χ4v) is 2.35. The molecule has 0 saturated carbocycles. The molecule has 0 spiro atoms. The molecule has 0 aliphatic heterocycles. The molecule has 0 bridgehead atoms. The first-order valence-corrected chi connectivity index (χ1v) is 6.51. The SMILES string of the molecule is NC(=O)c1ccc(CSc2ccc(N)cc2)cc1. The highest BCUT2D eigenvalue weighted by Crippen LogP contribution is 2.23. The lowest BCUT2D eigenvalue weighted by molar-refractivity contribution is 0.100. The predicted molar refractivity (Wildman–Crippen MR) is 75.4 cm³/mol. The van der Waals surface area contributed by atoms with Crippen LogP contribution in [0.3, 0.4) is 0 Å². The molecule has 0 aliphatic rings. The van der Waals surface area contributed by atoms with E-state index in [1.807, 2.05) is 36.4 Å². The van der Waals surface area contributed by atoms with Gasteiger partial charge in [0.25, 0.3) is 0 Å². The largest absolute Gasteiger partial charge is 0.399 e. The fraction of sp³-hybridized carbons (Fsp3) is 0.0714. The third-order valence-corrected chi connectivity index (χ3v) is 3.61. The van der Waals surface area contributed by atoms with Crippen LogP contribution >= 0.6 is 11.8 Å². The number of thioether (sulfide) groups is 1. The fourth-order valence-electron chi connectivity index (χ4n) is 1.50. The van der Waals surface area contributed by atoms with E-state index in [2.05, 4.69) is 0 Å². The molecule has 0 heterocycles. The van der Waals surface area contributed by atoms with E-state index in [1.165, 1.54) is 4.90 Å². The quantitative estimate of drug-likeness (QED) is 0.654. The van der Waals surface area contributed by atoms with Gasteiger partial charge in [-0.1, -0.05) is 12.1 Å². The molecule has 1 amide bonds. The number of rotatable bonds is 4. The lowest BCUT2D eigenvalue weighted by Gasteiger charge is -2.03. The van der Waals surface area contributed by atoms with Crippen molar-refractivity contribution in [1.82, 2.24) is 0 Å². The molecule has 18 heavy (non-hydrogen) atoms. The van der Waals surface area contributed by atoms with E-state index in [1.54, 1.807) is 23.9 Å². The van der Waals surface area contributed by atoms with Crippen LogP contribution in [0.1, 0.15) is 15.9 Å². The molecule has 0 atom stereocenters. The maximum absolute atomic E-state index is 10.9. The second-order valence-corrected chi connectivity index (χ2v) is 4.97. The van der Waals surface area contributed by atoms with Crippen molar-refractivity contribution >= 4 is 23.4 Å². The maximum atomic E-state index is 10.9. The van der Waals surface area contributed by atoms with E-state index >= 15 is 0 Å². The van der Waals surface area contributed by atoms with Crippen LogP contribution in [-0.2, 0) is 5.75 Å². The molecule has 0 aromatic heterocycles. The Morgan fingerprint density at radius 1 is 1.00 bits per heavy atom. The van der Waals surface area contributed by atoms with Crippen molar-refractivity contribution in [1.29, 1.82) is 0 Å². The van der Waals surface area contributed by atoms with Gasteiger partial charge in [-0.15, -0.1) is 11.8 Å². The molecule has 0 unspecified atom stereocenters. The predicted octanol–water partition coefficient (Wildman–Crippen LogP) is 2.66. The van der Waals surface area contributed by atoms with E-state index in [-0.39, 0.29) is 0 Å². The number of benzene rings is 2. The first-order valence-electron chi connectivity index (χ1n) is 5.52. The van der Waals surface area contributed by atoms with Crippen LogP contribution in [0.2, 0.25) is 0 Å². The van der Waals surface area contributed by atoms with Crippen LogP contribution in [0, 0.1) is 0 Å². The molecule has 0 aliphatic carbocycles. The summed E-state index contributed by atoms with van der Waals surface area (Å²) in [6, 6.07) is 15.1. The Morgan fingerprint density at radius 3 is 2.17 bits per heavy atom. The Kier molecular flexibility index (Phi) is 3.89. The summed E-state index contributed by atoms with van der Waals surface area (Å²) in [5.41, 5.74) is 13.3. The molecule has 2 aromatic carbocycles. The van der Waals surface area contributed by atoms with Gasteiger partial charge < -0.3 is 11.5 Å². The summed E-state index contributed by atoms with van der Waals surface area (Å²) in [6.07, 6.45) is 0. The zero-order valence-corrected chi connectivity index (χ0v) is 10.6. The molecule has 0 fully saturated rings. The minimum absolute atomic E-state index is 0.396. The minimum atomic E-state index is -0.396. The number of amides is 1. The topological polar surface area (TPSA) is 69.1 Å². The van der Waals surface area contributed by atoms with E-state index < -0.39 is 5.91 Å². The molecule has 92 valence electrons. The summed E-state index contributed by atoms with van der Waals surface area (Å²) in [5, 5.41) is 0. The van der Waals surface area contributed by atoms with Crippen LogP contribution in [-0.4, -0.2) is 5.91 Å². The van der Waals surface area contributed by atoms with Gasteiger partial charge in [0.15, 0.2) is 0 Å². The molecule has 4 heteroatoms. The molecule has 4 N–H and O–H groups in total. The number of anilines is 1. The third kappa shape index (κ3) is 3.28. The van der Waals surface area contributed by atoms with Gasteiger partial charge in [-0.25, -0.2) is 0 Å². The van der Waals surface area contributed by atoms with Crippen LogP contribution in [0.15, 0.2) is 53.4 Å². The molecule has 2 rings (SSSR count). The Bertz CT molecular complexity index is 535. The smallest absolute Gasteiger partial charge is 0.248 e. The van der Waals surface area contributed by atoms with Crippen LogP contribution in [0.25, 0.3) is 0 Å². The van der Waals surface area contributed by atoms with Gasteiger partial charge in [-0.3, -0.25) is 4.79 Å². The molecule has 0 radical (unpaired) electrons. The Labute approximate surface area is 110 Å². The van der Waals surface area contributed by atoms with Crippen LogP contribution in [0.5, 0.6) is 0 Å². The van der Waals surface area contributed by atoms with Crippen molar-refractivity contribution < 1.29 is 4.79 Å². The molecule has 2 aromatic rings. The normalized spacial score (nSPS) is 10.2. The van der Waals surface area contributed by atoms with Crippen molar-refractivity contribution in [2.45, 2.75) is 10.6 Å². The Hall–Kier alpha value is -1.94. The average Bonchev–Trinajstić information content (AvgIpc) is 2.38. The molecule has 0 saturated heterocycles. The Morgan fingerprint density at radius 2 is 1.61 bits per heavy atom. The summed E-state index contributed by atoms with van der Waals surface area (Å²) >= 11 is 1.72. The van der Waals surface area contributed by atoms with Crippen LogP contribution in [0.4, 0.5) is 5.69 Å². The van der Waals surface area contributed by atoms with Gasteiger partial charge in [0, 0.05) is 21.9 Å². The van der Waals surface area contributed by atoms with Gasteiger partial charge >= 0.3 is 0 Å². The summed E-state index contributed by atoms with van der Waals surface area (Å²) in [4.78, 5) is 12.1. The van der Waals surface area contributed by atoms with E-state index in [0.29, 0.717) is 5.56 Å². The summed E-state index contributed by atoms with van der Waals surface area (Å²) < 4.78 is 0. The van der Waals surface area contributed by atoms with Crippen LogP contribution < -0.4 is 11.5 Å². The maximum Gasteiger partial charge on any atom is 0.248 e. The number of primary amides is 1. The Balaban J connectivity index is 1.97. The lowest BCUT2D eigenvalue weighted by Crippen LogP contribution is -2.10. The summed E-state index contributed by atoms with van der Waals surface area (Å²) in [6.45, 7) is 0. The zero-order valence-electron chi connectivity index (χ0n) is 9.80. The van der Waals surface area contributed by atoms with E-state index in [9.17, 15) is 4.79 Å². The number of hydrogen-bond acceptors (Lipinski definition) is 3. The third-order valence-electron chi connectivity index (χ3n) is 2.52. The highest BCUT2D eigenvalue weighted by Gasteiger charge is 2.00. The number of carbonyl (C=O) groups is 1. The minimum Gasteiger partial charge on any atom is -0.399 e. The zero-order chi connectivity index (χ0) is 13.0. The first kappa shape index (κ1) is 12.5. The van der Waals surface area contributed by atoms with Crippen molar-refractivity contribution in [3.63, 3.8) is 0 Å². The van der Waals surface area contributed by atoms with E-state index in [4.69, 9.17) is 11.5 Å². The lowest BCUT2D eigenvalue weighted by atomic mass is 10.1. The summed E-state index contributed by atoms with van der Waals surface area (Å²) in [7, 11) is 0. The van der Waals surface area contributed by atoms with Gasteiger partial charge in [0.1, 0.15) is 0 Å². The van der Waals surface area contributed by atoms with Crippen molar-refractivity contribution in [3.05, 3.63) is 59.7 Å².